The molecule has 132 valence electrons. The molecule has 0 radical (unpaired) electrons. The molecule has 0 aliphatic heterocycles. The first-order valence-electron chi connectivity index (χ1n) is 8.48. The Kier molecular flexibility index (Phi) is 3.96. The lowest BCUT2D eigenvalue weighted by Gasteiger charge is -2.18. The summed E-state index contributed by atoms with van der Waals surface area (Å²) in [5, 5.41) is 5.96. The van der Waals surface area contributed by atoms with E-state index in [0.717, 1.165) is 32.6 Å². The number of hydrogen-bond acceptors (Lipinski definition) is 5. The zero-order valence-electron chi connectivity index (χ0n) is 15.1. The Hall–Kier alpha value is -2.80. The maximum absolute atomic E-state index is 13.4. The van der Waals surface area contributed by atoms with Crippen LogP contribution in [0.2, 0.25) is 0 Å². The topological polar surface area (TPSA) is 63.9 Å². The van der Waals surface area contributed by atoms with Crippen molar-refractivity contribution in [1.82, 2.24) is 19.7 Å². The number of nitrogens with zero attached hydrogens (tertiary/aromatic N) is 5. The molecule has 0 aliphatic rings. The second-order valence-corrected chi connectivity index (χ2v) is 7.24. The molecule has 6 nitrogen and oxygen atoms in total. The molecule has 0 atom stereocenters. The SMILES string of the molecule is CCN(C(=O)c1cc(C)nc2c1c(C)nn2C)c1nc2ccccc2s1. The van der Waals surface area contributed by atoms with Gasteiger partial charge in [-0.25, -0.2) is 9.97 Å². The van der Waals surface area contributed by atoms with Crippen LogP contribution in [-0.2, 0) is 7.05 Å². The van der Waals surface area contributed by atoms with Gasteiger partial charge in [0.05, 0.1) is 26.9 Å². The number of hydrogen-bond donors (Lipinski definition) is 0. The fourth-order valence-corrected chi connectivity index (χ4v) is 4.25. The zero-order chi connectivity index (χ0) is 18.4. The highest BCUT2D eigenvalue weighted by atomic mass is 32.1. The first-order valence-corrected chi connectivity index (χ1v) is 9.29. The standard InChI is InChI=1S/C19H19N5OS/c1-5-24(19-21-14-8-6-7-9-15(14)26-19)18(25)13-10-11(2)20-17-16(13)12(3)22-23(17)4/h6-10H,5H2,1-4H3. The molecule has 3 heterocycles. The Labute approximate surface area is 155 Å². The van der Waals surface area contributed by atoms with Gasteiger partial charge in [-0.3, -0.25) is 14.4 Å². The Balaban J connectivity index is 1.86. The molecule has 1 aromatic carbocycles. The molecule has 0 aliphatic carbocycles. The number of aryl methyl sites for hydroxylation is 3. The number of fused-ring (bicyclic) bond motifs is 2. The number of amides is 1. The number of carbonyl (C=O) groups excluding carboxylic acids is 1. The smallest absolute Gasteiger partial charge is 0.260 e. The third kappa shape index (κ3) is 2.55. The molecule has 0 saturated heterocycles. The summed E-state index contributed by atoms with van der Waals surface area (Å²) in [5.74, 6) is -0.0712. The molecule has 0 N–H and O–H groups in total. The Morgan fingerprint density at radius 2 is 2.00 bits per heavy atom. The number of thiazole rings is 1. The van der Waals surface area contributed by atoms with Gasteiger partial charge in [0.1, 0.15) is 0 Å². The van der Waals surface area contributed by atoms with Crippen molar-refractivity contribution in [2.24, 2.45) is 7.05 Å². The minimum atomic E-state index is -0.0712. The van der Waals surface area contributed by atoms with Gasteiger partial charge in [-0.05, 0) is 39.0 Å². The van der Waals surface area contributed by atoms with Gasteiger partial charge >= 0.3 is 0 Å². The van der Waals surface area contributed by atoms with Crippen LogP contribution in [0.4, 0.5) is 5.13 Å². The van der Waals surface area contributed by atoms with Gasteiger partial charge in [-0.15, -0.1) is 0 Å². The summed E-state index contributed by atoms with van der Waals surface area (Å²) in [5.41, 5.74) is 3.86. The molecule has 3 aromatic heterocycles. The number of rotatable bonds is 3. The van der Waals surface area contributed by atoms with Gasteiger partial charge in [0, 0.05) is 19.3 Å². The van der Waals surface area contributed by atoms with Crippen LogP contribution >= 0.6 is 11.3 Å². The van der Waals surface area contributed by atoms with Crippen LogP contribution in [0.1, 0.15) is 28.7 Å². The van der Waals surface area contributed by atoms with E-state index in [9.17, 15) is 4.79 Å². The second kappa shape index (κ2) is 6.17. The molecule has 0 fully saturated rings. The molecule has 1 amide bonds. The first-order chi connectivity index (χ1) is 12.5. The van der Waals surface area contributed by atoms with Gasteiger partial charge in [0.15, 0.2) is 10.8 Å². The van der Waals surface area contributed by atoms with E-state index in [1.165, 1.54) is 11.3 Å². The van der Waals surface area contributed by atoms with Crippen LogP contribution in [0.25, 0.3) is 21.3 Å². The number of para-hydroxylation sites is 1. The van der Waals surface area contributed by atoms with Crippen molar-refractivity contribution in [3.8, 4) is 0 Å². The summed E-state index contributed by atoms with van der Waals surface area (Å²) >= 11 is 1.53. The average molecular weight is 365 g/mol. The fraction of sp³-hybridized carbons (Fsp3) is 0.263. The molecular weight excluding hydrogens is 346 g/mol. The molecule has 0 bridgehead atoms. The van der Waals surface area contributed by atoms with E-state index in [2.05, 4.69) is 15.1 Å². The van der Waals surface area contributed by atoms with E-state index in [0.29, 0.717) is 17.2 Å². The summed E-state index contributed by atoms with van der Waals surface area (Å²) in [6.45, 7) is 6.31. The molecule has 4 aromatic rings. The van der Waals surface area contributed by atoms with Crippen molar-refractivity contribution in [2.45, 2.75) is 20.8 Å². The normalized spacial score (nSPS) is 11.4. The lowest BCUT2D eigenvalue weighted by molar-refractivity contribution is 0.0989. The van der Waals surface area contributed by atoms with Crippen LogP contribution in [0.5, 0.6) is 0 Å². The third-order valence-corrected chi connectivity index (χ3v) is 5.46. The average Bonchev–Trinajstić information content (AvgIpc) is 3.16. The lowest BCUT2D eigenvalue weighted by atomic mass is 10.1. The summed E-state index contributed by atoms with van der Waals surface area (Å²) < 4.78 is 2.80. The highest BCUT2D eigenvalue weighted by Gasteiger charge is 2.24. The van der Waals surface area contributed by atoms with E-state index >= 15 is 0 Å². The van der Waals surface area contributed by atoms with Crippen molar-refractivity contribution in [3.05, 3.63) is 47.3 Å². The van der Waals surface area contributed by atoms with Crippen LogP contribution in [-0.4, -0.2) is 32.2 Å². The van der Waals surface area contributed by atoms with Crippen molar-refractivity contribution in [3.63, 3.8) is 0 Å². The number of anilines is 1. The highest BCUT2D eigenvalue weighted by molar-refractivity contribution is 7.22. The van der Waals surface area contributed by atoms with Crippen molar-refractivity contribution in [1.29, 1.82) is 0 Å². The summed E-state index contributed by atoms with van der Waals surface area (Å²) in [6.07, 6.45) is 0. The fourth-order valence-electron chi connectivity index (χ4n) is 3.23. The van der Waals surface area contributed by atoms with Crippen molar-refractivity contribution < 1.29 is 4.79 Å². The van der Waals surface area contributed by atoms with Crippen molar-refractivity contribution in [2.75, 3.05) is 11.4 Å². The molecular formula is C19H19N5OS. The van der Waals surface area contributed by atoms with Crippen LogP contribution < -0.4 is 4.90 Å². The number of aromatic nitrogens is 4. The maximum atomic E-state index is 13.4. The first kappa shape index (κ1) is 16.7. The Morgan fingerprint density at radius 3 is 2.73 bits per heavy atom. The van der Waals surface area contributed by atoms with Crippen molar-refractivity contribution >= 4 is 43.6 Å². The van der Waals surface area contributed by atoms with Gasteiger partial charge in [0.2, 0.25) is 0 Å². The summed E-state index contributed by atoms with van der Waals surface area (Å²) in [4.78, 5) is 24.3. The summed E-state index contributed by atoms with van der Waals surface area (Å²) in [7, 11) is 1.85. The largest absolute Gasteiger partial charge is 0.284 e. The van der Waals surface area contributed by atoms with E-state index in [4.69, 9.17) is 0 Å². The summed E-state index contributed by atoms with van der Waals surface area (Å²) in [6, 6.07) is 9.77. The predicted molar refractivity (Wildman–Crippen MR) is 105 cm³/mol. The molecule has 7 heteroatoms. The minimum absolute atomic E-state index is 0.0712. The molecule has 0 spiro atoms. The van der Waals surface area contributed by atoms with Crippen LogP contribution in [0, 0.1) is 13.8 Å². The van der Waals surface area contributed by atoms with Gasteiger partial charge in [-0.2, -0.15) is 5.10 Å². The second-order valence-electron chi connectivity index (χ2n) is 6.23. The lowest BCUT2D eigenvalue weighted by Crippen LogP contribution is -2.30. The Bertz CT molecular complexity index is 1110. The van der Waals surface area contributed by atoms with Gasteiger partial charge in [0.25, 0.3) is 5.91 Å². The molecule has 4 rings (SSSR count). The number of carbonyl (C=O) groups is 1. The highest BCUT2D eigenvalue weighted by Crippen LogP contribution is 2.31. The van der Waals surface area contributed by atoms with Gasteiger partial charge in [-0.1, -0.05) is 23.5 Å². The Morgan fingerprint density at radius 1 is 1.23 bits per heavy atom. The van der Waals surface area contributed by atoms with E-state index in [1.54, 1.807) is 9.58 Å². The van der Waals surface area contributed by atoms with Gasteiger partial charge < -0.3 is 0 Å². The zero-order valence-corrected chi connectivity index (χ0v) is 16.0. The predicted octanol–water partition coefficient (Wildman–Crippen LogP) is 3.86. The quantitative estimate of drug-likeness (QED) is 0.553. The monoisotopic (exact) mass is 365 g/mol. The molecule has 26 heavy (non-hydrogen) atoms. The maximum Gasteiger partial charge on any atom is 0.260 e. The number of benzene rings is 1. The van der Waals surface area contributed by atoms with E-state index < -0.39 is 0 Å². The van der Waals surface area contributed by atoms with E-state index in [1.807, 2.05) is 58.2 Å². The van der Waals surface area contributed by atoms with Crippen LogP contribution in [0.3, 0.4) is 0 Å². The van der Waals surface area contributed by atoms with Crippen LogP contribution in [0.15, 0.2) is 30.3 Å². The molecule has 0 unspecified atom stereocenters. The third-order valence-electron chi connectivity index (χ3n) is 4.40. The number of pyridine rings is 1. The van der Waals surface area contributed by atoms with E-state index in [-0.39, 0.29) is 5.91 Å². The molecule has 0 saturated carbocycles. The minimum Gasteiger partial charge on any atom is -0.284 e.